The molecule has 0 saturated heterocycles. The quantitative estimate of drug-likeness (QED) is 0.529. The van der Waals surface area contributed by atoms with Crippen LogP contribution in [0.15, 0.2) is 62.6 Å². The lowest BCUT2D eigenvalue weighted by molar-refractivity contribution is 0.416. The van der Waals surface area contributed by atoms with Gasteiger partial charge in [-0.05, 0) is 43.0 Å². The number of aromatic nitrogens is 1. The maximum Gasteiger partial charge on any atom is 0.211 e. The molecule has 0 saturated carbocycles. The Morgan fingerprint density at radius 3 is 2.69 bits per heavy atom. The fraction of sp³-hybridized carbons (Fsp3) is 0.300. The minimum absolute atomic E-state index is 0.436. The smallest absolute Gasteiger partial charge is 0.211 e. The van der Waals surface area contributed by atoms with Crippen LogP contribution in [-0.2, 0) is 0 Å². The summed E-state index contributed by atoms with van der Waals surface area (Å²) in [5, 5.41) is 6.73. The van der Waals surface area contributed by atoms with Crippen molar-refractivity contribution in [1.29, 1.82) is 0 Å². The molecule has 0 radical (unpaired) electrons. The van der Waals surface area contributed by atoms with Gasteiger partial charge >= 0.3 is 0 Å². The maximum atomic E-state index is 5.57. The summed E-state index contributed by atoms with van der Waals surface area (Å²) in [6.07, 6.45) is 5.78. The molecule has 0 aliphatic rings. The summed E-state index contributed by atoms with van der Waals surface area (Å²) in [6.45, 7) is 4.35. The number of thiazole rings is 1. The van der Waals surface area contributed by atoms with Crippen molar-refractivity contribution in [2.24, 2.45) is 16.0 Å². The van der Waals surface area contributed by atoms with Gasteiger partial charge in [0, 0.05) is 11.6 Å². The van der Waals surface area contributed by atoms with Crippen LogP contribution in [-0.4, -0.2) is 18.0 Å². The van der Waals surface area contributed by atoms with E-state index in [4.69, 9.17) is 19.2 Å². The zero-order valence-corrected chi connectivity index (χ0v) is 16.1. The number of ether oxygens (including phenoxy) is 1. The van der Waals surface area contributed by atoms with Crippen molar-refractivity contribution in [2.75, 3.05) is 7.11 Å². The van der Waals surface area contributed by atoms with Crippen molar-refractivity contribution in [1.82, 2.24) is 4.68 Å². The van der Waals surface area contributed by atoms with E-state index < -0.39 is 0 Å². The Hall–Kier alpha value is -2.60. The van der Waals surface area contributed by atoms with E-state index >= 15 is 0 Å². The molecule has 3 aromatic rings. The van der Waals surface area contributed by atoms with Crippen LogP contribution in [0.3, 0.4) is 0 Å². The Labute approximate surface area is 157 Å². The molecule has 3 rings (SSSR count). The lowest BCUT2D eigenvalue weighted by Gasteiger charge is -2.06. The molecule has 0 unspecified atom stereocenters. The number of rotatable bonds is 7. The fourth-order valence-electron chi connectivity index (χ4n) is 2.57. The Morgan fingerprint density at radius 1 is 1.19 bits per heavy atom. The van der Waals surface area contributed by atoms with Crippen molar-refractivity contribution >= 4 is 23.2 Å². The molecule has 0 amide bonds. The number of hydrogen-bond acceptors (Lipinski definition) is 5. The van der Waals surface area contributed by atoms with Crippen LogP contribution < -0.4 is 9.54 Å². The van der Waals surface area contributed by atoms with Crippen LogP contribution in [0.2, 0.25) is 0 Å². The standard InChI is InChI=1S/C20H23N3O2S/c1-4-15(5-2)13-21-23-17(19-11-8-12-25-19)14-26-20(23)22-16-9-6-7-10-18(16)24-3/h6-15H,4-5H2,1-3H3. The molecule has 0 aliphatic heterocycles. The van der Waals surface area contributed by atoms with Crippen molar-refractivity contribution < 1.29 is 9.15 Å². The normalized spacial score (nSPS) is 12.4. The number of methoxy groups -OCH3 is 1. The summed E-state index contributed by atoms with van der Waals surface area (Å²) < 4.78 is 12.8. The van der Waals surface area contributed by atoms with Crippen LogP contribution in [0.1, 0.15) is 26.7 Å². The van der Waals surface area contributed by atoms with E-state index in [1.54, 1.807) is 13.4 Å². The molecule has 136 valence electrons. The van der Waals surface area contributed by atoms with Gasteiger partial charge in [-0.25, -0.2) is 9.67 Å². The van der Waals surface area contributed by atoms with Crippen LogP contribution in [0.25, 0.3) is 11.5 Å². The third-order valence-corrected chi connectivity index (χ3v) is 5.02. The molecule has 0 atom stereocenters. The predicted molar refractivity (Wildman–Crippen MR) is 106 cm³/mol. The first kappa shape index (κ1) is 18.2. The van der Waals surface area contributed by atoms with Crippen LogP contribution >= 0.6 is 11.3 Å². The topological polar surface area (TPSA) is 52.0 Å². The van der Waals surface area contributed by atoms with Gasteiger partial charge in [-0.3, -0.25) is 0 Å². The Kier molecular flexibility index (Phi) is 6.07. The van der Waals surface area contributed by atoms with E-state index in [9.17, 15) is 0 Å². The largest absolute Gasteiger partial charge is 0.494 e. The van der Waals surface area contributed by atoms with Gasteiger partial charge < -0.3 is 9.15 Å². The van der Waals surface area contributed by atoms with E-state index in [-0.39, 0.29) is 0 Å². The number of furan rings is 1. The Balaban J connectivity index is 2.12. The van der Waals surface area contributed by atoms with E-state index in [0.717, 1.165) is 40.5 Å². The minimum atomic E-state index is 0.436. The van der Waals surface area contributed by atoms with Gasteiger partial charge in [0.15, 0.2) is 5.76 Å². The van der Waals surface area contributed by atoms with Gasteiger partial charge in [0.1, 0.15) is 17.1 Å². The van der Waals surface area contributed by atoms with E-state index in [2.05, 4.69) is 13.8 Å². The summed E-state index contributed by atoms with van der Waals surface area (Å²) in [4.78, 5) is 5.54. The third-order valence-electron chi connectivity index (χ3n) is 4.20. The molecule has 26 heavy (non-hydrogen) atoms. The lowest BCUT2D eigenvalue weighted by atomic mass is 10.1. The van der Waals surface area contributed by atoms with Crippen LogP contribution in [0, 0.1) is 5.92 Å². The molecule has 1 aromatic carbocycles. The minimum Gasteiger partial charge on any atom is -0.494 e. The van der Waals surface area contributed by atoms with E-state index in [1.807, 2.05) is 52.7 Å². The number of nitrogens with zero attached hydrogens (tertiary/aromatic N) is 3. The molecule has 2 aromatic heterocycles. The van der Waals surface area contributed by atoms with E-state index in [0.29, 0.717) is 5.92 Å². The molecule has 2 heterocycles. The van der Waals surface area contributed by atoms with E-state index in [1.165, 1.54) is 11.3 Å². The monoisotopic (exact) mass is 369 g/mol. The first-order valence-corrected chi connectivity index (χ1v) is 9.61. The highest BCUT2D eigenvalue weighted by Gasteiger charge is 2.11. The summed E-state index contributed by atoms with van der Waals surface area (Å²) in [5.41, 5.74) is 1.66. The molecule has 5 nitrogen and oxygen atoms in total. The highest BCUT2D eigenvalue weighted by atomic mass is 32.1. The molecule has 0 N–H and O–H groups in total. The van der Waals surface area contributed by atoms with Gasteiger partial charge in [0.25, 0.3) is 0 Å². The average Bonchev–Trinajstić information content (AvgIpc) is 3.33. The summed E-state index contributed by atoms with van der Waals surface area (Å²) in [5.74, 6) is 1.94. The maximum absolute atomic E-state index is 5.57. The van der Waals surface area contributed by atoms with Gasteiger partial charge in [0.05, 0.1) is 13.4 Å². The molecule has 0 fully saturated rings. The van der Waals surface area contributed by atoms with Crippen LogP contribution in [0.5, 0.6) is 5.75 Å². The lowest BCUT2D eigenvalue weighted by Crippen LogP contribution is -2.13. The number of para-hydroxylation sites is 2. The Morgan fingerprint density at radius 2 is 2.00 bits per heavy atom. The van der Waals surface area contributed by atoms with Crippen molar-refractivity contribution in [2.45, 2.75) is 26.7 Å². The van der Waals surface area contributed by atoms with Crippen LogP contribution in [0.4, 0.5) is 5.69 Å². The molecule has 0 aliphatic carbocycles. The second-order valence-electron chi connectivity index (χ2n) is 5.82. The Bertz CT molecular complexity index is 919. The summed E-state index contributed by atoms with van der Waals surface area (Å²) in [7, 11) is 1.65. The molecule has 0 bridgehead atoms. The van der Waals surface area contributed by atoms with Gasteiger partial charge in [-0.2, -0.15) is 5.10 Å². The second-order valence-corrected chi connectivity index (χ2v) is 6.65. The van der Waals surface area contributed by atoms with Gasteiger partial charge in [0.2, 0.25) is 4.80 Å². The van der Waals surface area contributed by atoms with Crippen molar-refractivity contribution in [3.63, 3.8) is 0 Å². The first-order chi connectivity index (χ1) is 12.8. The van der Waals surface area contributed by atoms with Gasteiger partial charge in [-0.15, -0.1) is 11.3 Å². The summed E-state index contributed by atoms with van der Waals surface area (Å²) in [6, 6.07) is 11.5. The van der Waals surface area contributed by atoms with Crippen molar-refractivity contribution in [3.05, 3.63) is 52.8 Å². The molecule has 0 spiro atoms. The van der Waals surface area contributed by atoms with Gasteiger partial charge in [-0.1, -0.05) is 26.0 Å². The summed E-state index contributed by atoms with van der Waals surface area (Å²) >= 11 is 1.52. The fourth-order valence-corrected chi connectivity index (χ4v) is 3.40. The molecule has 6 heteroatoms. The third kappa shape index (κ3) is 3.96. The predicted octanol–water partition coefficient (Wildman–Crippen LogP) is 5.32. The highest BCUT2D eigenvalue weighted by Crippen LogP contribution is 2.27. The zero-order valence-electron chi connectivity index (χ0n) is 15.3. The molecular formula is C20H23N3O2S. The second kappa shape index (κ2) is 8.67. The number of hydrogen-bond donors (Lipinski definition) is 0. The zero-order chi connectivity index (χ0) is 18.4. The highest BCUT2D eigenvalue weighted by molar-refractivity contribution is 7.07. The van der Waals surface area contributed by atoms with Crippen molar-refractivity contribution in [3.8, 4) is 17.2 Å². The number of benzene rings is 1. The SMILES string of the molecule is CCC(C=Nn1c(-c2ccco2)csc1=Nc1ccccc1OC)CC. The average molecular weight is 369 g/mol. The molecular weight excluding hydrogens is 346 g/mol. The first-order valence-electron chi connectivity index (χ1n) is 8.73.